The highest BCUT2D eigenvalue weighted by Gasteiger charge is 2.28. The van der Waals surface area contributed by atoms with Crippen molar-refractivity contribution in [1.82, 2.24) is 5.32 Å². The molecular formula is C23H20ClNO2S. The largest absolute Gasteiger partial charge is 0.449 e. The Bertz CT molecular complexity index is 966. The van der Waals surface area contributed by atoms with E-state index in [1.54, 1.807) is 0 Å². The number of amides is 1. The summed E-state index contributed by atoms with van der Waals surface area (Å²) in [5.41, 5.74) is 5.89. The molecule has 3 aromatic rings. The fraction of sp³-hybridized carbons (Fsp3) is 0.174. The van der Waals surface area contributed by atoms with Gasteiger partial charge in [0.2, 0.25) is 0 Å². The lowest BCUT2D eigenvalue weighted by Crippen LogP contribution is -2.26. The second-order valence-electron chi connectivity index (χ2n) is 6.59. The lowest BCUT2D eigenvalue weighted by Gasteiger charge is -2.14. The molecule has 3 nitrogen and oxygen atoms in total. The Kier molecular flexibility index (Phi) is 5.79. The van der Waals surface area contributed by atoms with Crippen LogP contribution in [0, 0.1) is 0 Å². The van der Waals surface area contributed by atoms with Gasteiger partial charge in [0.1, 0.15) is 10.9 Å². The maximum absolute atomic E-state index is 12.1. The van der Waals surface area contributed by atoms with Gasteiger partial charge in [-0.3, -0.25) is 0 Å². The highest BCUT2D eigenvalue weighted by atomic mass is 35.5. The number of fused-ring (bicyclic) bond motifs is 3. The van der Waals surface area contributed by atoms with E-state index in [-0.39, 0.29) is 12.0 Å². The highest BCUT2D eigenvalue weighted by molar-refractivity contribution is 7.14. The number of halogens is 1. The molecule has 2 aromatic carbocycles. The topological polar surface area (TPSA) is 38.3 Å². The Morgan fingerprint density at radius 3 is 2.39 bits per heavy atom. The van der Waals surface area contributed by atoms with Crippen LogP contribution in [0.25, 0.3) is 17.2 Å². The fourth-order valence-electron chi connectivity index (χ4n) is 3.54. The SMILES string of the molecule is O=C(NCCC=Cc1ccsc1Cl)OCC1c2ccccc2-c2ccccc21. The zero-order valence-electron chi connectivity index (χ0n) is 15.2. The van der Waals surface area contributed by atoms with Crippen molar-refractivity contribution in [2.45, 2.75) is 12.3 Å². The van der Waals surface area contributed by atoms with Crippen LogP contribution in [0.15, 0.2) is 66.1 Å². The highest BCUT2D eigenvalue weighted by Crippen LogP contribution is 2.44. The summed E-state index contributed by atoms with van der Waals surface area (Å²) < 4.78 is 6.30. The summed E-state index contributed by atoms with van der Waals surface area (Å²) in [5.74, 6) is 0.0822. The molecule has 1 aromatic heterocycles. The molecule has 0 fully saturated rings. The van der Waals surface area contributed by atoms with E-state index in [0.717, 1.165) is 16.3 Å². The molecule has 0 radical (unpaired) electrons. The summed E-state index contributed by atoms with van der Waals surface area (Å²) in [6.45, 7) is 0.856. The van der Waals surface area contributed by atoms with Gasteiger partial charge >= 0.3 is 6.09 Å². The number of carbonyl (C=O) groups is 1. The number of hydrogen-bond acceptors (Lipinski definition) is 3. The van der Waals surface area contributed by atoms with Gasteiger partial charge in [0.25, 0.3) is 0 Å². The van der Waals surface area contributed by atoms with Gasteiger partial charge in [0.05, 0.1) is 0 Å². The molecule has 0 saturated heterocycles. The maximum Gasteiger partial charge on any atom is 0.407 e. The zero-order valence-corrected chi connectivity index (χ0v) is 16.8. The van der Waals surface area contributed by atoms with Crippen LogP contribution in [0.2, 0.25) is 4.34 Å². The first kappa shape index (κ1) is 18.8. The molecule has 1 aliphatic carbocycles. The zero-order chi connectivity index (χ0) is 19.3. The van der Waals surface area contributed by atoms with E-state index in [2.05, 4.69) is 29.6 Å². The molecule has 0 saturated carbocycles. The molecule has 0 atom stereocenters. The summed E-state index contributed by atoms with van der Waals surface area (Å²) in [4.78, 5) is 12.1. The van der Waals surface area contributed by atoms with Gasteiger partial charge in [-0.1, -0.05) is 72.3 Å². The van der Waals surface area contributed by atoms with Crippen molar-refractivity contribution in [3.8, 4) is 11.1 Å². The molecule has 142 valence electrons. The fourth-order valence-corrected chi connectivity index (χ4v) is 4.43. The summed E-state index contributed by atoms with van der Waals surface area (Å²) in [6.07, 6.45) is 4.30. The molecule has 4 rings (SSSR count). The average Bonchev–Trinajstić information content (AvgIpc) is 3.27. The monoisotopic (exact) mass is 409 g/mol. The van der Waals surface area contributed by atoms with Gasteiger partial charge in [-0.15, -0.1) is 11.3 Å². The van der Waals surface area contributed by atoms with Gasteiger partial charge in [0.15, 0.2) is 0 Å². The molecule has 1 heterocycles. The van der Waals surface area contributed by atoms with Gasteiger partial charge in [0, 0.05) is 18.0 Å². The third kappa shape index (κ3) is 3.98. The second kappa shape index (κ2) is 8.63. The van der Waals surface area contributed by atoms with E-state index >= 15 is 0 Å². The quantitative estimate of drug-likeness (QED) is 0.482. The van der Waals surface area contributed by atoms with Crippen LogP contribution in [0.3, 0.4) is 0 Å². The van der Waals surface area contributed by atoms with Crippen LogP contribution in [-0.2, 0) is 4.74 Å². The summed E-state index contributed by atoms with van der Waals surface area (Å²) in [5, 5.41) is 4.76. The van der Waals surface area contributed by atoms with E-state index in [9.17, 15) is 4.79 Å². The van der Waals surface area contributed by atoms with Gasteiger partial charge in [-0.25, -0.2) is 4.79 Å². The molecule has 28 heavy (non-hydrogen) atoms. The lowest BCUT2D eigenvalue weighted by atomic mass is 9.98. The van der Waals surface area contributed by atoms with E-state index in [0.29, 0.717) is 13.2 Å². The number of alkyl carbamates (subject to hydrolysis) is 1. The van der Waals surface area contributed by atoms with Crippen molar-refractivity contribution in [2.75, 3.05) is 13.2 Å². The summed E-state index contributed by atoms with van der Waals surface area (Å²) >= 11 is 7.56. The molecular weight excluding hydrogens is 390 g/mol. The minimum absolute atomic E-state index is 0.0822. The Balaban J connectivity index is 1.29. The van der Waals surface area contributed by atoms with Crippen LogP contribution >= 0.6 is 22.9 Å². The van der Waals surface area contributed by atoms with Crippen LogP contribution in [0.1, 0.15) is 29.0 Å². The number of benzene rings is 2. The maximum atomic E-state index is 12.1. The second-order valence-corrected chi connectivity index (χ2v) is 8.11. The van der Waals surface area contributed by atoms with E-state index in [1.807, 2.05) is 47.9 Å². The number of ether oxygens (including phenoxy) is 1. The standard InChI is InChI=1S/C23H20ClNO2S/c24-22-16(12-14-28-22)7-5-6-13-25-23(26)27-15-21-19-10-3-1-8-17(19)18-9-2-4-11-20(18)21/h1-5,7-12,14,21H,6,13,15H2,(H,25,26). The first-order valence-electron chi connectivity index (χ1n) is 9.22. The lowest BCUT2D eigenvalue weighted by molar-refractivity contribution is 0.143. The van der Waals surface area contributed by atoms with Crippen molar-refractivity contribution in [3.05, 3.63) is 87.1 Å². The summed E-state index contributed by atoms with van der Waals surface area (Å²) in [6, 6.07) is 18.6. The van der Waals surface area contributed by atoms with Crippen LogP contribution < -0.4 is 5.32 Å². The predicted molar refractivity (Wildman–Crippen MR) is 116 cm³/mol. The molecule has 1 amide bonds. The first-order valence-corrected chi connectivity index (χ1v) is 10.5. The third-order valence-electron chi connectivity index (χ3n) is 4.87. The number of nitrogens with one attached hydrogen (secondary N) is 1. The summed E-state index contributed by atoms with van der Waals surface area (Å²) in [7, 11) is 0. The Hall–Kier alpha value is -2.56. The van der Waals surface area contributed by atoms with E-state index < -0.39 is 0 Å². The predicted octanol–water partition coefficient (Wildman–Crippen LogP) is 6.34. The molecule has 5 heteroatoms. The minimum atomic E-state index is -0.385. The van der Waals surface area contributed by atoms with Crippen molar-refractivity contribution >= 4 is 35.1 Å². The molecule has 0 aliphatic heterocycles. The normalized spacial score (nSPS) is 12.8. The number of carbonyl (C=O) groups excluding carboxylic acids is 1. The van der Waals surface area contributed by atoms with Gasteiger partial charge < -0.3 is 10.1 Å². The molecule has 0 unspecified atom stereocenters. The van der Waals surface area contributed by atoms with E-state index in [4.69, 9.17) is 16.3 Å². The number of hydrogen-bond donors (Lipinski definition) is 1. The van der Waals surface area contributed by atoms with Gasteiger partial charge in [-0.2, -0.15) is 0 Å². The molecule has 1 N–H and O–H groups in total. The Morgan fingerprint density at radius 1 is 1.07 bits per heavy atom. The smallest absolute Gasteiger partial charge is 0.407 e. The van der Waals surface area contributed by atoms with Gasteiger partial charge in [-0.05, 0) is 40.1 Å². The third-order valence-corrected chi connectivity index (χ3v) is 6.07. The number of thiophene rings is 1. The minimum Gasteiger partial charge on any atom is -0.449 e. The van der Waals surface area contributed by atoms with E-state index in [1.165, 1.54) is 33.6 Å². The number of rotatable bonds is 6. The Labute approximate surface area is 173 Å². The van der Waals surface area contributed by atoms with Crippen LogP contribution in [0.5, 0.6) is 0 Å². The molecule has 0 spiro atoms. The Morgan fingerprint density at radius 2 is 1.75 bits per heavy atom. The van der Waals surface area contributed by atoms with Crippen LogP contribution in [-0.4, -0.2) is 19.2 Å². The van der Waals surface area contributed by atoms with Crippen molar-refractivity contribution in [1.29, 1.82) is 0 Å². The van der Waals surface area contributed by atoms with Crippen LogP contribution in [0.4, 0.5) is 4.79 Å². The average molecular weight is 410 g/mol. The first-order chi connectivity index (χ1) is 13.7. The van der Waals surface area contributed by atoms with Crippen molar-refractivity contribution < 1.29 is 9.53 Å². The molecule has 1 aliphatic rings. The van der Waals surface area contributed by atoms with Crippen molar-refractivity contribution in [2.24, 2.45) is 0 Å². The molecule has 0 bridgehead atoms. The van der Waals surface area contributed by atoms with Crippen molar-refractivity contribution in [3.63, 3.8) is 0 Å².